The third kappa shape index (κ3) is 7.70. The fourth-order valence-corrected chi connectivity index (χ4v) is 1.74. The third-order valence-corrected chi connectivity index (χ3v) is 2.73. The largest absolute Gasteiger partial charge is 0.483 e. The Kier molecular flexibility index (Phi) is 9.31. The van der Waals surface area contributed by atoms with Gasteiger partial charge in [-0.15, -0.1) is 0 Å². The van der Waals surface area contributed by atoms with E-state index in [1.807, 2.05) is 19.0 Å². The number of ether oxygens (including phenoxy) is 1. The van der Waals surface area contributed by atoms with Crippen molar-refractivity contribution in [1.82, 2.24) is 9.80 Å². The molecule has 0 bridgehead atoms. The van der Waals surface area contributed by atoms with E-state index in [9.17, 15) is 9.59 Å². The molecule has 1 atom stereocenters. The fraction of sp³-hybridized carbons (Fsp3) is 0.750. The van der Waals surface area contributed by atoms with Gasteiger partial charge in [0.1, 0.15) is 6.54 Å². The number of carbonyl (C=O) groups is 3. The monoisotopic (exact) mass is 290 g/mol. The molecule has 1 saturated heterocycles. The van der Waals surface area contributed by atoms with Gasteiger partial charge in [0, 0.05) is 19.7 Å². The van der Waals surface area contributed by atoms with E-state index in [1.165, 1.54) is 4.90 Å². The zero-order chi connectivity index (χ0) is 15.5. The minimum atomic E-state index is -0.976. The average molecular weight is 290 g/mol. The van der Waals surface area contributed by atoms with Crippen LogP contribution in [0, 0.1) is 5.92 Å². The standard InChI is InChI=1S/C11H20N2O4.CH2O2/c1-12(2)4-5-13(7-10(14)15)11(16)9-3-6-17-8-9;2-1-3/h9H,3-8H2,1-2H3,(H,14,15);1H,(H,2,3). The minimum absolute atomic E-state index is 0.105. The summed E-state index contributed by atoms with van der Waals surface area (Å²) >= 11 is 0. The van der Waals surface area contributed by atoms with Crippen LogP contribution in [-0.2, 0) is 19.1 Å². The van der Waals surface area contributed by atoms with Crippen molar-refractivity contribution >= 4 is 18.3 Å². The predicted molar refractivity (Wildman–Crippen MR) is 70.4 cm³/mol. The Morgan fingerprint density at radius 3 is 2.35 bits per heavy atom. The van der Waals surface area contributed by atoms with E-state index in [-0.39, 0.29) is 24.8 Å². The van der Waals surface area contributed by atoms with Crippen molar-refractivity contribution in [2.75, 3.05) is 46.9 Å². The first-order valence-electron chi connectivity index (χ1n) is 6.23. The molecule has 1 aliphatic rings. The fourth-order valence-electron chi connectivity index (χ4n) is 1.74. The highest BCUT2D eigenvalue weighted by molar-refractivity contribution is 5.83. The molecule has 116 valence electrons. The van der Waals surface area contributed by atoms with Crippen LogP contribution in [0.3, 0.4) is 0 Å². The Morgan fingerprint density at radius 1 is 1.35 bits per heavy atom. The zero-order valence-electron chi connectivity index (χ0n) is 11.8. The zero-order valence-corrected chi connectivity index (χ0v) is 11.8. The number of carboxylic acid groups (broad SMARTS) is 2. The molecule has 1 unspecified atom stereocenters. The summed E-state index contributed by atoms with van der Waals surface area (Å²) < 4.78 is 5.15. The molecule has 0 aromatic heterocycles. The Morgan fingerprint density at radius 2 is 1.95 bits per heavy atom. The second-order valence-electron chi connectivity index (χ2n) is 4.62. The number of carbonyl (C=O) groups excluding carboxylic acids is 1. The minimum Gasteiger partial charge on any atom is -0.483 e. The summed E-state index contributed by atoms with van der Waals surface area (Å²) in [5, 5.41) is 15.7. The molecule has 1 rings (SSSR count). The van der Waals surface area contributed by atoms with Crippen LogP contribution in [0.2, 0.25) is 0 Å². The Labute approximate surface area is 117 Å². The highest BCUT2D eigenvalue weighted by Gasteiger charge is 2.28. The molecule has 0 aromatic rings. The van der Waals surface area contributed by atoms with Crippen molar-refractivity contribution in [3.05, 3.63) is 0 Å². The molecule has 0 spiro atoms. The number of amides is 1. The number of likely N-dealkylation sites (N-methyl/N-ethyl adjacent to an activating group) is 1. The molecule has 8 heteroatoms. The van der Waals surface area contributed by atoms with Crippen LogP contribution in [0.4, 0.5) is 0 Å². The number of aliphatic carboxylic acids is 1. The van der Waals surface area contributed by atoms with Crippen molar-refractivity contribution in [2.45, 2.75) is 6.42 Å². The van der Waals surface area contributed by atoms with Gasteiger partial charge in [-0.05, 0) is 20.5 Å². The first kappa shape index (κ1) is 18.3. The lowest BCUT2D eigenvalue weighted by molar-refractivity contribution is -0.146. The smallest absolute Gasteiger partial charge is 0.323 e. The predicted octanol–water partition coefficient (Wildman–Crippen LogP) is -0.801. The summed E-state index contributed by atoms with van der Waals surface area (Å²) in [6, 6.07) is 0. The molecule has 0 aliphatic carbocycles. The topological polar surface area (TPSA) is 107 Å². The Hall–Kier alpha value is -1.67. The van der Waals surface area contributed by atoms with E-state index in [0.717, 1.165) is 0 Å². The summed E-state index contributed by atoms with van der Waals surface area (Å²) in [6.45, 7) is 1.62. The summed E-state index contributed by atoms with van der Waals surface area (Å²) in [4.78, 5) is 34.5. The van der Waals surface area contributed by atoms with Gasteiger partial charge in [-0.1, -0.05) is 0 Å². The van der Waals surface area contributed by atoms with Gasteiger partial charge in [0.25, 0.3) is 6.47 Å². The van der Waals surface area contributed by atoms with Crippen molar-refractivity contribution in [3.63, 3.8) is 0 Å². The lowest BCUT2D eigenvalue weighted by atomic mass is 10.1. The lowest BCUT2D eigenvalue weighted by Crippen LogP contribution is -2.43. The molecule has 1 aliphatic heterocycles. The molecular weight excluding hydrogens is 268 g/mol. The summed E-state index contributed by atoms with van der Waals surface area (Å²) in [5.41, 5.74) is 0. The SMILES string of the molecule is CN(C)CCN(CC(=O)O)C(=O)C1CCOC1.O=CO. The number of nitrogens with zero attached hydrogens (tertiary/aromatic N) is 2. The molecule has 2 N–H and O–H groups in total. The van der Waals surface area contributed by atoms with Gasteiger partial charge in [-0.2, -0.15) is 0 Å². The van der Waals surface area contributed by atoms with E-state index >= 15 is 0 Å². The van der Waals surface area contributed by atoms with Gasteiger partial charge in [0.2, 0.25) is 5.91 Å². The van der Waals surface area contributed by atoms with Crippen molar-refractivity contribution < 1.29 is 29.3 Å². The van der Waals surface area contributed by atoms with Gasteiger partial charge in [-0.3, -0.25) is 14.4 Å². The molecular formula is C12H22N2O6. The maximum absolute atomic E-state index is 12.1. The average Bonchev–Trinajstić information content (AvgIpc) is 2.87. The lowest BCUT2D eigenvalue weighted by Gasteiger charge is -2.24. The second-order valence-corrected chi connectivity index (χ2v) is 4.62. The second kappa shape index (κ2) is 10.2. The van der Waals surface area contributed by atoms with Gasteiger partial charge < -0.3 is 24.7 Å². The van der Waals surface area contributed by atoms with Crippen molar-refractivity contribution in [3.8, 4) is 0 Å². The number of rotatable bonds is 6. The highest BCUT2D eigenvalue weighted by Crippen LogP contribution is 2.15. The highest BCUT2D eigenvalue weighted by atomic mass is 16.5. The number of carboxylic acids is 1. The van der Waals surface area contributed by atoms with Crippen molar-refractivity contribution in [2.24, 2.45) is 5.92 Å². The van der Waals surface area contributed by atoms with Crippen LogP contribution in [0.1, 0.15) is 6.42 Å². The first-order chi connectivity index (χ1) is 9.42. The maximum Gasteiger partial charge on any atom is 0.323 e. The summed E-state index contributed by atoms with van der Waals surface area (Å²) in [5.74, 6) is -1.25. The molecule has 8 nitrogen and oxygen atoms in total. The van der Waals surface area contributed by atoms with E-state index in [1.54, 1.807) is 0 Å². The van der Waals surface area contributed by atoms with Crippen molar-refractivity contribution in [1.29, 1.82) is 0 Å². The van der Waals surface area contributed by atoms with E-state index in [0.29, 0.717) is 32.7 Å². The summed E-state index contributed by atoms with van der Waals surface area (Å²) in [7, 11) is 3.78. The van der Waals surface area contributed by atoms with Crippen LogP contribution in [0.25, 0.3) is 0 Å². The molecule has 0 radical (unpaired) electrons. The Bertz CT molecular complexity index is 315. The first-order valence-corrected chi connectivity index (χ1v) is 6.23. The molecule has 0 aromatic carbocycles. The normalized spacial score (nSPS) is 17.2. The van der Waals surface area contributed by atoms with E-state index in [4.69, 9.17) is 19.7 Å². The molecule has 1 heterocycles. The molecule has 1 amide bonds. The van der Waals surface area contributed by atoms with Gasteiger partial charge in [0.15, 0.2) is 0 Å². The van der Waals surface area contributed by atoms with Crippen LogP contribution < -0.4 is 0 Å². The number of hydrogen-bond acceptors (Lipinski definition) is 5. The van der Waals surface area contributed by atoms with Crippen LogP contribution >= 0.6 is 0 Å². The van der Waals surface area contributed by atoms with E-state index < -0.39 is 5.97 Å². The van der Waals surface area contributed by atoms with Gasteiger partial charge >= 0.3 is 5.97 Å². The van der Waals surface area contributed by atoms with Gasteiger partial charge in [0.05, 0.1) is 12.5 Å². The molecule has 20 heavy (non-hydrogen) atoms. The number of hydrogen-bond donors (Lipinski definition) is 2. The molecule has 0 saturated carbocycles. The Balaban J connectivity index is 0.00000110. The molecule has 1 fully saturated rings. The van der Waals surface area contributed by atoms with E-state index in [2.05, 4.69) is 0 Å². The van der Waals surface area contributed by atoms with Gasteiger partial charge in [-0.25, -0.2) is 0 Å². The quantitative estimate of drug-likeness (QED) is 0.616. The van der Waals surface area contributed by atoms with Crippen LogP contribution in [0.5, 0.6) is 0 Å². The third-order valence-electron chi connectivity index (χ3n) is 2.73. The van der Waals surface area contributed by atoms with Crippen LogP contribution in [0.15, 0.2) is 0 Å². The summed E-state index contributed by atoms with van der Waals surface area (Å²) in [6.07, 6.45) is 0.691. The maximum atomic E-state index is 12.1. The van der Waals surface area contributed by atoms with Crippen LogP contribution in [-0.4, -0.2) is 85.3 Å².